The summed E-state index contributed by atoms with van der Waals surface area (Å²) in [5.41, 5.74) is 7.37. The summed E-state index contributed by atoms with van der Waals surface area (Å²) in [4.78, 5) is 18.8. The number of carbonyl (C=O) groups is 1. The number of aromatic amines is 1. The largest absolute Gasteiger partial charge is 0.361 e. The van der Waals surface area contributed by atoms with Crippen LogP contribution in [0.1, 0.15) is 40.2 Å². The number of aryl methyl sites for hydroxylation is 1. The van der Waals surface area contributed by atoms with Gasteiger partial charge in [-0.15, -0.1) is 0 Å². The van der Waals surface area contributed by atoms with Crippen LogP contribution in [0.2, 0.25) is 0 Å². The molecule has 5 rings (SSSR count). The van der Waals surface area contributed by atoms with Gasteiger partial charge in [-0.2, -0.15) is 0 Å². The molecular weight excluding hydrogens is 368 g/mol. The Bertz CT molecular complexity index is 1210. The lowest BCUT2D eigenvalue weighted by Gasteiger charge is -2.30. The van der Waals surface area contributed by atoms with Crippen molar-refractivity contribution in [3.05, 3.63) is 107 Å². The van der Waals surface area contributed by atoms with Crippen molar-refractivity contribution >= 4 is 16.8 Å². The monoisotopic (exact) mass is 394 g/mol. The highest BCUT2D eigenvalue weighted by molar-refractivity contribution is 5.86. The second-order valence-corrected chi connectivity index (χ2v) is 8.29. The summed E-state index contributed by atoms with van der Waals surface area (Å²) in [6.45, 7) is 3.62. The van der Waals surface area contributed by atoms with Crippen LogP contribution in [0.3, 0.4) is 0 Å². The molecule has 3 heteroatoms. The van der Waals surface area contributed by atoms with Crippen molar-refractivity contribution in [3.63, 3.8) is 0 Å². The first-order valence-electron chi connectivity index (χ1n) is 10.7. The Morgan fingerprint density at radius 2 is 1.80 bits per heavy atom. The summed E-state index contributed by atoms with van der Waals surface area (Å²) in [7, 11) is 0. The van der Waals surface area contributed by atoms with E-state index in [1.54, 1.807) is 0 Å². The molecule has 0 aliphatic carbocycles. The van der Waals surface area contributed by atoms with Crippen LogP contribution in [0.25, 0.3) is 10.9 Å². The number of nitrogens with zero attached hydrogens (tertiary/aromatic N) is 1. The Balaban J connectivity index is 1.48. The van der Waals surface area contributed by atoms with Crippen LogP contribution in [0.15, 0.2) is 79.0 Å². The SMILES string of the molecule is Cc1cccc(C(CC(=O)N2CCc3ccccc3C2)c2c[nH]c3ccccc23)c1. The number of rotatable bonds is 4. The lowest BCUT2D eigenvalue weighted by atomic mass is 9.87. The maximum Gasteiger partial charge on any atom is 0.223 e. The summed E-state index contributed by atoms with van der Waals surface area (Å²) in [5, 5.41) is 1.20. The van der Waals surface area contributed by atoms with Crippen molar-refractivity contribution in [1.82, 2.24) is 9.88 Å². The van der Waals surface area contributed by atoms with E-state index in [1.807, 2.05) is 11.0 Å². The number of H-pyrrole nitrogens is 1. The second kappa shape index (κ2) is 7.83. The van der Waals surface area contributed by atoms with Gasteiger partial charge >= 0.3 is 0 Å². The zero-order chi connectivity index (χ0) is 20.5. The van der Waals surface area contributed by atoms with Crippen LogP contribution < -0.4 is 0 Å². The van der Waals surface area contributed by atoms with Crippen molar-refractivity contribution in [1.29, 1.82) is 0 Å². The third-order valence-corrected chi connectivity index (χ3v) is 6.30. The molecular formula is C27H26N2O. The van der Waals surface area contributed by atoms with E-state index in [1.165, 1.54) is 33.2 Å². The molecule has 0 bridgehead atoms. The lowest BCUT2D eigenvalue weighted by molar-refractivity contribution is -0.132. The number of amides is 1. The Labute approximate surface area is 177 Å². The summed E-state index contributed by atoms with van der Waals surface area (Å²) in [6.07, 6.45) is 3.49. The number of hydrogen-bond donors (Lipinski definition) is 1. The molecule has 4 aromatic rings. The summed E-state index contributed by atoms with van der Waals surface area (Å²) >= 11 is 0. The Hall–Kier alpha value is -3.33. The van der Waals surface area contributed by atoms with Crippen molar-refractivity contribution in [2.24, 2.45) is 0 Å². The van der Waals surface area contributed by atoms with Gasteiger partial charge in [0.2, 0.25) is 5.91 Å². The summed E-state index contributed by atoms with van der Waals surface area (Å²) < 4.78 is 0. The normalized spacial score (nSPS) is 14.5. The zero-order valence-corrected chi connectivity index (χ0v) is 17.3. The zero-order valence-electron chi connectivity index (χ0n) is 17.3. The van der Waals surface area contributed by atoms with Crippen molar-refractivity contribution in [2.45, 2.75) is 32.2 Å². The van der Waals surface area contributed by atoms with Gasteiger partial charge in [0.15, 0.2) is 0 Å². The quantitative estimate of drug-likeness (QED) is 0.482. The third kappa shape index (κ3) is 3.52. The van der Waals surface area contributed by atoms with Crippen molar-refractivity contribution < 1.29 is 4.79 Å². The molecule has 1 aliphatic heterocycles. The fraction of sp³-hybridized carbons (Fsp3) is 0.222. The number of benzene rings is 3. The fourth-order valence-electron chi connectivity index (χ4n) is 4.69. The highest BCUT2D eigenvalue weighted by Crippen LogP contribution is 2.34. The molecule has 30 heavy (non-hydrogen) atoms. The molecule has 1 aromatic heterocycles. The van der Waals surface area contributed by atoms with Crippen molar-refractivity contribution in [2.75, 3.05) is 6.54 Å². The molecule has 2 heterocycles. The van der Waals surface area contributed by atoms with Crippen LogP contribution in [0, 0.1) is 6.92 Å². The van der Waals surface area contributed by atoms with Crippen LogP contribution in [-0.4, -0.2) is 22.3 Å². The van der Waals surface area contributed by atoms with E-state index in [4.69, 9.17) is 0 Å². The summed E-state index contributed by atoms with van der Waals surface area (Å²) in [6, 6.07) is 25.4. The minimum Gasteiger partial charge on any atom is -0.361 e. The lowest BCUT2D eigenvalue weighted by Crippen LogP contribution is -2.36. The van der Waals surface area contributed by atoms with E-state index >= 15 is 0 Å². The Kier molecular flexibility index (Phi) is 4.88. The number of hydrogen-bond acceptors (Lipinski definition) is 1. The average Bonchev–Trinajstić information content (AvgIpc) is 3.21. The second-order valence-electron chi connectivity index (χ2n) is 8.29. The molecule has 0 fully saturated rings. The van der Waals surface area contributed by atoms with E-state index in [2.05, 4.69) is 84.8 Å². The number of aromatic nitrogens is 1. The van der Waals surface area contributed by atoms with Crippen LogP contribution in [0.5, 0.6) is 0 Å². The predicted octanol–water partition coefficient (Wildman–Crippen LogP) is 5.58. The van der Waals surface area contributed by atoms with Gasteiger partial charge in [-0.05, 0) is 41.7 Å². The fourth-order valence-corrected chi connectivity index (χ4v) is 4.69. The average molecular weight is 395 g/mol. The topological polar surface area (TPSA) is 36.1 Å². The number of nitrogens with one attached hydrogen (secondary N) is 1. The molecule has 1 N–H and O–H groups in total. The first-order chi connectivity index (χ1) is 14.7. The predicted molar refractivity (Wildman–Crippen MR) is 122 cm³/mol. The molecule has 0 radical (unpaired) electrons. The molecule has 150 valence electrons. The van der Waals surface area contributed by atoms with Crippen LogP contribution in [0.4, 0.5) is 0 Å². The smallest absolute Gasteiger partial charge is 0.223 e. The Morgan fingerprint density at radius 1 is 1.00 bits per heavy atom. The van der Waals surface area contributed by atoms with E-state index in [0.29, 0.717) is 13.0 Å². The molecule has 0 saturated heterocycles. The van der Waals surface area contributed by atoms with Gasteiger partial charge in [0.25, 0.3) is 0 Å². The third-order valence-electron chi connectivity index (χ3n) is 6.30. The maximum absolute atomic E-state index is 13.4. The van der Waals surface area contributed by atoms with Gasteiger partial charge < -0.3 is 9.88 Å². The molecule has 3 aromatic carbocycles. The van der Waals surface area contributed by atoms with Gasteiger partial charge in [0.1, 0.15) is 0 Å². The highest BCUT2D eigenvalue weighted by atomic mass is 16.2. The van der Waals surface area contributed by atoms with E-state index in [-0.39, 0.29) is 11.8 Å². The van der Waals surface area contributed by atoms with E-state index in [9.17, 15) is 4.79 Å². The minimum absolute atomic E-state index is 0.0331. The molecule has 1 amide bonds. The van der Waals surface area contributed by atoms with Gasteiger partial charge in [-0.1, -0.05) is 72.3 Å². The minimum atomic E-state index is 0.0331. The number of carbonyl (C=O) groups excluding carboxylic acids is 1. The van der Waals surface area contributed by atoms with Gasteiger partial charge in [0.05, 0.1) is 0 Å². The van der Waals surface area contributed by atoms with E-state index < -0.39 is 0 Å². The van der Waals surface area contributed by atoms with Gasteiger partial charge in [0, 0.05) is 42.5 Å². The molecule has 0 saturated carbocycles. The molecule has 1 atom stereocenters. The standard InChI is InChI=1S/C27H26N2O/c1-19-7-6-10-21(15-19)24(25-17-28-26-12-5-4-11-23(25)26)16-27(30)29-14-13-20-8-2-3-9-22(20)18-29/h2-12,15,17,24,28H,13-14,16,18H2,1H3. The van der Waals surface area contributed by atoms with Gasteiger partial charge in [-0.25, -0.2) is 0 Å². The molecule has 1 aliphatic rings. The molecule has 1 unspecified atom stereocenters. The van der Waals surface area contributed by atoms with Crippen LogP contribution >= 0.6 is 0 Å². The first-order valence-corrected chi connectivity index (χ1v) is 10.7. The van der Waals surface area contributed by atoms with Crippen LogP contribution in [-0.2, 0) is 17.8 Å². The van der Waals surface area contributed by atoms with Gasteiger partial charge in [-0.3, -0.25) is 4.79 Å². The first kappa shape index (κ1) is 18.7. The highest BCUT2D eigenvalue weighted by Gasteiger charge is 2.26. The Morgan fingerprint density at radius 3 is 2.67 bits per heavy atom. The molecule has 3 nitrogen and oxygen atoms in total. The summed E-state index contributed by atoms with van der Waals surface area (Å²) in [5.74, 6) is 0.256. The number of para-hydroxylation sites is 1. The van der Waals surface area contributed by atoms with E-state index in [0.717, 1.165) is 18.5 Å². The van der Waals surface area contributed by atoms with Crippen molar-refractivity contribution in [3.8, 4) is 0 Å². The maximum atomic E-state index is 13.4. The molecule has 0 spiro atoms. The number of fused-ring (bicyclic) bond motifs is 2.